The van der Waals surface area contributed by atoms with Crippen molar-refractivity contribution in [2.75, 3.05) is 0 Å². The average Bonchev–Trinajstić information content (AvgIpc) is 2.90. The second kappa shape index (κ2) is 5.41. The van der Waals surface area contributed by atoms with E-state index >= 15 is 0 Å². The summed E-state index contributed by atoms with van der Waals surface area (Å²) in [5.41, 5.74) is 1.68. The van der Waals surface area contributed by atoms with Crippen LogP contribution in [0.25, 0.3) is 0 Å². The summed E-state index contributed by atoms with van der Waals surface area (Å²) in [6.07, 6.45) is 0. The zero-order chi connectivity index (χ0) is 13.9. The molecule has 0 bridgehead atoms. The Labute approximate surface area is 114 Å². The molecule has 0 amide bonds. The van der Waals surface area contributed by atoms with Gasteiger partial charge < -0.3 is 5.32 Å². The highest BCUT2D eigenvalue weighted by Crippen LogP contribution is 2.23. The summed E-state index contributed by atoms with van der Waals surface area (Å²) >= 11 is 1.32. The molecule has 6 nitrogen and oxygen atoms in total. The molecule has 1 N–H and O–H groups in total. The van der Waals surface area contributed by atoms with Crippen molar-refractivity contribution in [3.05, 3.63) is 51.0 Å². The molecule has 0 fully saturated rings. The van der Waals surface area contributed by atoms with Gasteiger partial charge >= 0.3 is 0 Å². The third-order valence-corrected chi connectivity index (χ3v) is 3.47. The molecule has 0 spiro atoms. The fraction of sp³-hybridized carbons (Fsp3) is 0.333. The van der Waals surface area contributed by atoms with Gasteiger partial charge in [0.25, 0.3) is 5.69 Å². The molecular weight excluding hydrogens is 264 g/mol. The van der Waals surface area contributed by atoms with Crippen molar-refractivity contribution < 1.29 is 4.92 Å². The number of nitro groups is 1. The minimum absolute atomic E-state index is 0.100. The molecular formula is C12H14N4O2S. The number of hydrogen-bond donors (Lipinski definition) is 1. The lowest BCUT2D eigenvalue weighted by atomic mass is 9.94. The number of hydrogen-bond acceptors (Lipinski definition) is 6. The third kappa shape index (κ3) is 3.33. The molecule has 0 saturated heterocycles. The summed E-state index contributed by atoms with van der Waals surface area (Å²) in [6.45, 7) is 4.66. The van der Waals surface area contributed by atoms with E-state index in [1.807, 2.05) is 19.2 Å². The van der Waals surface area contributed by atoms with Crippen LogP contribution in [0.1, 0.15) is 25.1 Å². The van der Waals surface area contributed by atoms with Crippen LogP contribution in [0.4, 0.5) is 5.69 Å². The zero-order valence-corrected chi connectivity index (χ0v) is 11.5. The maximum atomic E-state index is 10.6. The van der Waals surface area contributed by atoms with Crippen molar-refractivity contribution in [3.8, 4) is 0 Å². The smallest absolute Gasteiger partial charge is 0.269 e. The average molecular weight is 278 g/mol. The molecule has 0 aliphatic rings. The van der Waals surface area contributed by atoms with E-state index in [9.17, 15) is 10.1 Å². The van der Waals surface area contributed by atoms with Crippen molar-refractivity contribution in [2.45, 2.75) is 25.9 Å². The number of nitrogens with one attached hydrogen (secondary N) is 1. The Morgan fingerprint density at radius 1 is 1.37 bits per heavy atom. The number of nitrogens with zero attached hydrogens (tertiary/aromatic N) is 3. The molecule has 1 aromatic carbocycles. The van der Waals surface area contributed by atoms with Gasteiger partial charge in [-0.05, 0) is 30.9 Å². The van der Waals surface area contributed by atoms with Crippen molar-refractivity contribution in [1.82, 2.24) is 14.9 Å². The Morgan fingerprint density at radius 2 is 2.05 bits per heavy atom. The first-order chi connectivity index (χ1) is 8.99. The topological polar surface area (TPSA) is 81.0 Å². The second-order valence-electron chi connectivity index (χ2n) is 4.68. The first-order valence-electron chi connectivity index (χ1n) is 5.75. The van der Waals surface area contributed by atoms with Crippen LogP contribution < -0.4 is 5.32 Å². The van der Waals surface area contributed by atoms with E-state index in [0.29, 0.717) is 6.54 Å². The summed E-state index contributed by atoms with van der Waals surface area (Å²) in [4.78, 5) is 10.2. The molecule has 0 unspecified atom stereocenters. The standard InChI is InChI=1S/C12H14N4O2S/c1-12(2,13-7-10-8-19-15-14-10)9-3-5-11(6-4-9)16(17)18/h3-6,8,13H,7H2,1-2H3. The Hall–Kier alpha value is -1.86. The highest BCUT2D eigenvalue weighted by Gasteiger charge is 2.20. The monoisotopic (exact) mass is 278 g/mol. The maximum Gasteiger partial charge on any atom is 0.269 e. The van der Waals surface area contributed by atoms with E-state index in [-0.39, 0.29) is 11.2 Å². The molecule has 2 rings (SSSR count). The Balaban J connectivity index is 2.07. The quantitative estimate of drug-likeness (QED) is 0.671. The largest absolute Gasteiger partial charge is 0.302 e. The summed E-state index contributed by atoms with van der Waals surface area (Å²) in [6, 6.07) is 6.57. The predicted octanol–water partition coefficient (Wildman–Crippen LogP) is 2.47. The fourth-order valence-corrected chi connectivity index (χ4v) is 2.13. The van der Waals surface area contributed by atoms with Crippen LogP contribution in [0, 0.1) is 10.1 Å². The van der Waals surface area contributed by atoms with E-state index in [1.165, 1.54) is 23.7 Å². The molecule has 0 saturated carbocycles. The predicted molar refractivity (Wildman–Crippen MR) is 72.9 cm³/mol. The molecule has 0 radical (unpaired) electrons. The van der Waals surface area contributed by atoms with Crippen LogP contribution in [0.5, 0.6) is 0 Å². The number of benzene rings is 1. The molecule has 0 aliphatic heterocycles. The minimum Gasteiger partial charge on any atom is -0.302 e. The molecule has 1 aromatic heterocycles. The third-order valence-electron chi connectivity index (χ3n) is 2.92. The number of non-ortho nitro benzene ring substituents is 1. The van der Waals surface area contributed by atoms with Crippen LogP contribution in [-0.4, -0.2) is 14.5 Å². The van der Waals surface area contributed by atoms with Gasteiger partial charge in [0, 0.05) is 29.6 Å². The minimum atomic E-state index is -0.398. The van der Waals surface area contributed by atoms with Gasteiger partial charge in [-0.25, -0.2) is 0 Å². The van der Waals surface area contributed by atoms with Crippen LogP contribution >= 0.6 is 11.5 Å². The van der Waals surface area contributed by atoms with Gasteiger partial charge in [-0.1, -0.05) is 16.6 Å². The van der Waals surface area contributed by atoms with E-state index < -0.39 is 4.92 Å². The molecule has 7 heteroatoms. The number of nitro benzene ring substituents is 1. The van der Waals surface area contributed by atoms with Crippen molar-refractivity contribution in [2.24, 2.45) is 0 Å². The molecule has 19 heavy (non-hydrogen) atoms. The second-order valence-corrected chi connectivity index (χ2v) is 5.29. The molecule has 1 heterocycles. The van der Waals surface area contributed by atoms with E-state index in [4.69, 9.17) is 0 Å². The number of rotatable bonds is 5. The van der Waals surface area contributed by atoms with Gasteiger partial charge in [-0.2, -0.15) is 0 Å². The highest BCUT2D eigenvalue weighted by atomic mass is 32.1. The summed E-state index contributed by atoms with van der Waals surface area (Å²) in [5.74, 6) is 0. The normalized spacial score (nSPS) is 11.5. The van der Waals surface area contributed by atoms with E-state index in [2.05, 4.69) is 14.9 Å². The van der Waals surface area contributed by atoms with Gasteiger partial charge in [0.2, 0.25) is 0 Å². The first kappa shape index (κ1) is 13.6. The lowest BCUT2D eigenvalue weighted by molar-refractivity contribution is -0.384. The van der Waals surface area contributed by atoms with Crippen molar-refractivity contribution in [1.29, 1.82) is 0 Å². The summed E-state index contributed by atoms with van der Waals surface area (Å²) < 4.78 is 3.80. The highest BCUT2D eigenvalue weighted by molar-refractivity contribution is 7.03. The van der Waals surface area contributed by atoms with Gasteiger partial charge in [-0.15, -0.1) is 5.10 Å². The van der Waals surface area contributed by atoms with Crippen LogP contribution in [0.2, 0.25) is 0 Å². The lowest BCUT2D eigenvalue weighted by Crippen LogP contribution is -2.36. The fourth-order valence-electron chi connectivity index (χ4n) is 1.67. The summed E-state index contributed by atoms with van der Waals surface area (Å²) in [5, 5.41) is 19.8. The molecule has 2 aromatic rings. The van der Waals surface area contributed by atoms with Crippen LogP contribution in [0.15, 0.2) is 29.6 Å². The first-order valence-corrected chi connectivity index (χ1v) is 6.58. The number of aromatic nitrogens is 2. The van der Waals surface area contributed by atoms with Crippen LogP contribution in [-0.2, 0) is 12.1 Å². The molecule has 0 aliphatic carbocycles. The van der Waals surface area contributed by atoms with Gasteiger partial charge in [0.1, 0.15) is 0 Å². The molecule has 0 atom stereocenters. The van der Waals surface area contributed by atoms with Gasteiger partial charge in [-0.3, -0.25) is 10.1 Å². The van der Waals surface area contributed by atoms with Crippen LogP contribution in [0.3, 0.4) is 0 Å². The van der Waals surface area contributed by atoms with E-state index in [1.54, 1.807) is 12.1 Å². The van der Waals surface area contributed by atoms with Gasteiger partial charge in [0.15, 0.2) is 0 Å². The SMILES string of the molecule is CC(C)(NCc1csnn1)c1ccc([N+](=O)[O-])cc1. The zero-order valence-electron chi connectivity index (χ0n) is 10.7. The van der Waals surface area contributed by atoms with Crippen molar-refractivity contribution in [3.63, 3.8) is 0 Å². The summed E-state index contributed by atoms with van der Waals surface area (Å²) in [7, 11) is 0. The maximum absolute atomic E-state index is 10.6. The molecule has 100 valence electrons. The van der Waals surface area contributed by atoms with Crippen molar-refractivity contribution >= 4 is 17.2 Å². The Kier molecular flexibility index (Phi) is 3.87. The Bertz CT molecular complexity index is 552. The van der Waals surface area contributed by atoms with E-state index in [0.717, 1.165) is 11.3 Å². The Morgan fingerprint density at radius 3 is 2.58 bits per heavy atom. The van der Waals surface area contributed by atoms with Gasteiger partial charge in [0.05, 0.1) is 10.6 Å². The lowest BCUT2D eigenvalue weighted by Gasteiger charge is -2.26.